The van der Waals surface area contributed by atoms with Crippen LogP contribution in [0.1, 0.15) is 11.7 Å². The Balaban J connectivity index is 1.62. The predicted molar refractivity (Wildman–Crippen MR) is 89.7 cm³/mol. The van der Waals surface area contributed by atoms with E-state index >= 15 is 0 Å². The summed E-state index contributed by atoms with van der Waals surface area (Å²) >= 11 is 0. The summed E-state index contributed by atoms with van der Waals surface area (Å²) in [5, 5.41) is 20.0. The van der Waals surface area contributed by atoms with Gasteiger partial charge in [0.1, 0.15) is 11.9 Å². The third-order valence-corrected chi connectivity index (χ3v) is 4.05. The van der Waals surface area contributed by atoms with E-state index in [9.17, 15) is 4.79 Å². The number of ether oxygens (including phenoxy) is 1. The molecule has 1 saturated heterocycles. The molecule has 1 aliphatic heterocycles. The molecule has 3 aromatic heterocycles. The predicted octanol–water partition coefficient (Wildman–Crippen LogP) is 0.579. The number of nitrogens with zero attached hydrogens (tertiary/aromatic N) is 6. The molecule has 2 atom stereocenters. The quantitative estimate of drug-likeness (QED) is 0.742. The van der Waals surface area contributed by atoms with E-state index in [1.807, 2.05) is 19.1 Å². The average Bonchev–Trinajstić information content (AvgIpc) is 3.29. The minimum atomic E-state index is -0.244. The molecule has 0 aliphatic carbocycles. The second kappa shape index (κ2) is 6.44. The fourth-order valence-corrected chi connectivity index (χ4v) is 2.77. The SMILES string of the molecule is Cc1ccc(NC2COCC2n2nc(-n3cccn3)ccc2=O)nn1. The monoisotopic (exact) mass is 339 g/mol. The van der Waals surface area contributed by atoms with E-state index in [0.717, 1.165) is 5.69 Å². The molecule has 1 aliphatic rings. The second-order valence-corrected chi connectivity index (χ2v) is 5.84. The Morgan fingerprint density at radius 2 is 2.12 bits per heavy atom. The van der Waals surface area contributed by atoms with Crippen LogP contribution in [0.5, 0.6) is 0 Å². The molecule has 0 amide bonds. The molecule has 1 N–H and O–H groups in total. The molecule has 128 valence electrons. The van der Waals surface area contributed by atoms with Crippen molar-refractivity contribution in [1.29, 1.82) is 0 Å². The first-order chi connectivity index (χ1) is 12.2. The second-order valence-electron chi connectivity index (χ2n) is 5.84. The van der Waals surface area contributed by atoms with Gasteiger partial charge in [0.25, 0.3) is 5.56 Å². The highest BCUT2D eigenvalue weighted by Gasteiger charge is 2.32. The lowest BCUT2D eigenvalue weighted by Gasteiger charge is -2.20. The van der Waals surface area contributed by atoms with Gasteiger partial charge in [0, 0.05) is 18.5 Å². The van der Waals surface area contributed by atoms with Gasteiger partial charge in [-0.15, -0.1) is 10.2 Å². The average molecular weight is 339 g/mol. The number of aromatic nitrogens is 6. The van der Waals surface area contributed by atoms with Crippen LogP contribution >= 0.6 is 0 Å². The lowest BCUT2D eigenvalue weighted by Crippen LogP contribution is -2.37. The topological polar surface area (TPSA) is 99.8 Å². The summed E-state index contributed by atoms with van der Waals surface area (Å²) < 4.78 is 8.63. The van der Waals surface area contributed by atoms with Gasteiger partial charge in [-0.2, -0.15) is 10.2 Å². The summed E-state index contributed by atoms with van der Waals surface area (Å²) in [6, 6.07) is 8.30. The van der Waals surface area contributed by atoms with Gasteiger partial charge in [-0.05, 0) is 31.2 Å². The number of anilines is 1. The number of rotatable bonds is 4. The highest BCUT2D eigenvalue weighted by molar-refractivity contribution is 5.35. The highest BCUT2D eigenvalue weighted by Crippen LogP contribution is 2.21. The van der Waals surface area contributed by atoms with Crippen LogP contribution in [0.15, 0.2) is 47.5 Å². The first-order valence-electron chi connectivity index (χ1n) is 7.95. The lowest BCUT2D eigenvalue weighted by atomic mass is 10.1. The first-order valence-corrected chi connectivity index (χ1v) is 7.95. The van der Waals surface area contributed by atoms with Crippen LogP contribution < -0.4 is 10.9 Å². The van der Waals surface area contributed by atoms with Crippen LogP contribution in [0, 0.1) is 6.92 Å². The molecule has 3 aromatic rings. The van der Waals surface area contributed by atoms with Crippen molar-refractivity contribution in [1.82, 2.24) is 29.8 Å². The molecule has 0 radical (unpaired) electrons. The molecule has 1 fully saturated rings. The Morgan fingerprint density at radius 3 is 2.88 bits per heavy atom. The van der Waals surface area contributed by atoms with E-state index < -0.39 is 0 Å². The normalized spacial score (nSPS) is 19.9. The summed E-state index contributed by atoms with van der Waals surface area (Å²) in [6.45, 7) is 2.73. The van der Waals surface area contributed by atoms with Gasteiger partial charge < -0.3 is 10.1 Å². The van der Waals surface area contributed by atoms with Gasteiger partial charge in [-0.25, -0.2) is 9.36 Å². The maximum absolute atomic E-state index is 12.3. The largest absolute Gasteiger partial charge is 0.377 e. The molecular formula is C16H17N7O2. The van der Waals surface area contributed by atoms with Gasteiger partial charge in [0.05, 0.1) is 24.9 Å². The van der Waals surface area contributed by atoms with E-state index in [1.165, 1.54) is 10.7 Å². The highest BCUT2D eigenvalue weighted by atomic mass is 16.5. The van der Waals surface area contributed by atoms with E-state index in [4.69, 9.17) is 4.74 Å². The maximum Gasteiger partial charge on any atom is 0.267 e. The Labute approximate surface area is 143 Å². The van der Waals surface area contributed by atoms with Gasteiger partial charge >= 0.3 is 0 Å². The van der Waals surface area contributed by atoms with Gasteiger partial charge in [-0.3, -0.25) is 4.79 Å². The molecule has 0 aromatic carbocycles. The molecule has 0 saturated carbocycles. The van der Waals surface area contributed by atoms with Gasteiger partial charge in [0.15, 0.2) is 5.82 Å². The van der Waals surface area contributed by atoms with Crippen molar-refractivity contribution in [3.8, 4) is 5.82 Å². The molecule has 0 bridgehead atoms. The van der Waals surface area contributed by atoms with Crippen LogP contribution in [0.25, 0.3) is 5.82 Å². The molecule has 9 heteroatoms. The van der Waals surface area contributed by atoms with Crippen LogP contribution in [0.3, 0.4) is 0 Å². The summed E-state index contributed by atoms with van der Waals surface area (Å²) in [5.41, 5.74) is 0.655. The Morgan fingerprint density at radius 1 is 1.20 bits per heavy atom. The minimum absolute atomic E-state index is 0.130. The van der Waals surface area contributed by atoms with Crippen LogP contribution in [-0.2, 0) is 4.74 Å². The van der Waals surface area contributed by atoms with Crippen molar-refractivity contribution >= 4 is 5.82 Å². The number of hydrogen-bond donors (Lipinski definition) is 1. The Kier molecular flexibility index (Phi) is 3.98. The zero-order valence-corrected chi connectivity index (χ0v) is 13.6. The van der Waals surface area contributed by atoms with Gasteiger partial charge in [0.2, 0.25) is 0 Å². The zero-order chi connectivity index (χ0) is 17.2. The molecule has 0 spiro atoms. The summed E-state index contributed by atoms with van der Waals surface area (Å²) in [5.74, 6) is 1.22. The third-order valence-electron chi connectivity index (χ3n) is 4.05. The summed E-state index contributed by atoms with van der Waals surface area (Å²) in [7, 11) is 0. The zero-order valence-electron chi connectivity index (χ0n) is 13.6. The Bertz CT molecular complexity index is 905. The van der Waals surface area contributed by atoms with Crippen molar-refractivity contribution in [3.05, 3.63) is 58.8 Å². The first kappa shape index (κ1) is 15.5. The van der Waals surface area contributed by atoms with Crippen molar-refractivity contribution in [3.63, 3.8) is 0 Å². The number of hydrogen-bond acceptors (Lipinski definition) is 7. The van der Waals surface area contributed by atoms with Crippen LogP contribution in [0.4, 0.5) is 5.82 Å². The van der Waals surface area contributed by atoms with E-state index in [0.29, 0.717) is 24.8 Å². The molecule has 2 unspecified atom stereocenters. The van der Waals surface area contributed by atoms with Gasteiger partial charge in [-0.1, -0.05) is 0 Å². The molecule has 9 nitrogen and oxygen atoms in total. The molecule has 4 rings (SSSR count). The number of aryl methyl sites for hydroxylation is 1. The molecule has 4 heterocycles. The fourth-order valence-electron chi connectivity index (χ4n) is 2.77. The summed E-state index contributed by atoms with van der Waals surface area (Å²) in [4.78, 5) is 12.3. The van der Waals surface area contributed by atoms with E-state index in [2.05, 4.69) is 25.7 Å². The maximum atomic E-state index is 12.3. The van der Waals surface area contributed by atoms with Crippen molar-refractivity contribution in [2.45, 2.75) is 19.0 Å². The molecular weight excluding hydrogens is 322 g/mol. The molecule has 25 heavy (non-hydrogen) atoms. The minimum Gasteiger partial charge on any atom is -0.377 e. The fraction of sp³-hybridized carbons (Fsp3) is 0.312. The standard InChI is InChI=1S/C16H17N7O2/c1-11-3-4-14(20-19-11)18-12-9-25-10-13(12)23-16(24)6-5-15(21-23)22-8-2-7-17-22/h2-8,12-13H,9-10H2,1H3,(H,18,20). The number of nitrogens with one attached hydrogen (secondary N) is 1. The van der Waals surface area contributed by atoms with Crippen LogP contribution in [0.2, 0.25) is 0 Å². The van der Waals surface area contributed by atoms with E-state index in [-0.39, 0.29) is 17.6 Å². The van der Waals surface area contributed by atoms with E-state index in [1.54, 1.807) is 29.2 Å². The van der Waals surface area contributed by atoms with Crippen molar-refractivity contribution in [2.24, 2.45) is 0 Å². The van der Waals surface area contributed by atoms with Crippen LogP contribution in [-0.4, -0.2) is 49.0 Å². The van der Waals surface area contributed by atoms with Crippen molar-refractivity contribution < 1.29 is 4.74 Å². The smallest absolute Gasteiger partial charge is 0.267 e. The Hall–Kier alpha value is -3.07. The summed E-state index contributed by atoms with van der Waals surface area (Å²) in [6.07, 6.45) is 3.44. The van der Waals surface area contributed by atoms with Crippen molar-refractivity contribution in [2.75, 3.05) is 18.5 Å². The lowest BCUT2D eigenvalue weighted by molar-refractivity contribution is 0.182. The third kappa shape index (κ3) is 3.13.